The maximum Gasteiger partial charge on any atom is 0.244 e. The normalized spacial score (nSPS) is 20.1. The predicted molar refractivity (Wildman–Crippen MR) is 74.4 cm³/mol. The van der Waals surface area contributed by atoms with Gasteiger partial charge in [0.1, 0.15) is 11.9 Å². The molecular weight excluding hydrogens is 244 g/mol. The van der Waals surface area contributed by atoms with E-state index in [-0.39, 0.29) is 11.9 Å². The van der Waals surface area contributed by atoms with Gasteiger partial charge in [-0.3, -0.25) is 9.69 Å². The molecule has 19 heavy (non-hydrogen) atoms. The third kappa shape index (κ3) is 3.42. The van der Waals surface area contributed by atoms with Crippen LogP contribution in [0.3, 0.4) is 0 Å². The Morgan fingerprint density at radius 3 is 3.05 bits per heavy atom. The van der Waals surface area contributed by atoms with Crippen molar-refractivity contribution in [3.05, 3.63) is 18.3 Å². The summed E-state index contributed by atoms with van der Waals surface area (Å²) in [4.78, 5) is 20.3. The third-order valence-corrected chi connectivity index (χ3v) is 3.17. The molecule has 6 nitrogen and oxygen atoms in total. The van der Waals surface area contributed by atoms with E-state index in [2.05, 4.69) is 10.3 Å². The Bertz CT molecular complexity index is 450. The average Bonchev–Trinajstić information content (AvgIpc) is 2.39. The fraction of sp³-hybridized carbons (Fsp3) is 0.538. The van der Waals surface area contributed by atoms with Crippen LogP contribution in [0.15, 0.2) is 18.3 Å². The molecule has 1 aromatic heterocycles. The van der Waals surface area contributed by atoms with Crippen molar-refractivity contribution in [1.82, 2.24) is 9.88 Å². The molecule has 0 bridgehead atoms. The molecule has 2 heterocycles. The molecule has 1 N–H and O–H groups in total. The van der Waals surface area contributed by atoms with E-state index in [1.807, 2.05) is 37.0 Å². The zero-order valence-corrected chi connectivity index (χ0v) is 11.6. The number of amides is 1. The van der Waals surface area contributed by atoms with Crippen molar-refractivity contribution in [3.8, 4) is 0 Å². The Morgan fingerprint density at radius 2 is 2.37 bits per heavy atom. The van der Waals surface area contributed by atoms with Crippen molar-refractivity contribution in [2.24, 2.45) is 0 Å². The Kier molecular flexibility index (Phi) is 4.34. The van der Waals surface area contributed by atoms with Crippen molar-refractivity contribution < 1.29 is 9.53 Å². The highest BCUT2D eigenvalue weighted by Crippen LogP contribution is 2.15. The summed E-state index contributed by atoms with van der Waals surface area (Å²) in [5.41, 5.74) is 0.752. The summed E-state index contributed by atoms with van der Waals surface area (Å²) in [6.45, 7) is 1.89. The SMILES string of the molecule is CN(C)c1cc(NC(=O)C2COCCN2C)ccn1. The molecule has 6 heteroatoms. The van der Waals surface area contributed by atoms with E-state index in [0.29, 0.717) is 13.2 Å². The zero-order chi connectivity index (χ0) is 13.8. The predicted octanol–water partition coefficient (Wildman–Crippen LogP) is 0.417. The van der Waals surface area contributed by atoms with Crippen molar-refractivity contribution in [2.45, 2.75) is 6.04 Å². The van der Waals surface area contributed by atoms with Gasteiger partial charge in [-0.05, 0) is 13.1 Å². The van der Waals surface area contributed by atoms with Crippen LogP contribution in [-0.4, -0.2) is 62.7 Å². The van der Waals surface area contributed by atoms with Crippen LogP contribution in [-0.2, 0) is 9.53 Å². The van der Waals surface area contributed by atoms with E-state index < -0.39 is 0 Å². The smallest absolute Gasteiger partial charge is 0.244 e. The van der Waals surface area contributed by atoms with Crippen LogP contribution in [0, 0.1) is 0 Å². The van der Waals surface area contributed by atoms with Crippen molar-refractivity contribution in [1.29, 1.82) is 0 Å². The highest BCUT2D eigenvalue weighted by atomic mass is 16.5. The summed E-state index contributed by atoms with van der Waals surface area (Å²) >= 11 is 0. The standard InChI is InChI=1S/C13H20N4O2/c1-16(2)12-8-10(4-5-14-12)15-13(18)11-9-19-7-6-17(11)3/h4-5,8,11H,6-7,9H2,1-3H3,(H,14,15,18). The molecule has 1 amide bonds. The molecule has 0 aromatic carbocycles. The molecule has 1 aliphatic heterocycles. The largest absolute Gasteiger partial charge is 0.378 e. The number of likely N-dealkylation sites (N-methyl/N-ethyl adjacent to an activating group) is 1. The average molecular weight is 264 g/mol. The molecule has 0 aliphatic carbocycles. The molecule has 2 rings (SSSR count). The topological polar surface area (TPSA) is 57.7 Å². The minimum Gasteiger partial charge on any atom is -0.378 e. The van der Waals surface area contributed by atoms with E-state index in [1.54, 1.807) is 12.3 Å². The molecule has 0 saturated carbocycles. The number of anilines is 2. The monoisotopic (exact) mass is 264 g/mol. The van der Waals surface area contributed by atoms with E-state index in [9.17, 15) is 4.79 Å². The second-order valence-corrected chi connectivity index (χ2v) is 4.86. The molecule has 1 atom stereocenters. The molecule has 104 valence electrons. The Labute approximate surface area is 113 Å². The van der Waals surface area contributed by atoms with Crippen LogP contribution in [0.25, 0.3) is 0 Å². The summed E-state index contributed by atoms with van der Waals surface area (Å²) in [5, 5.41) is 2.91. The fourth-order valence-electron chi connectivity index (χ4n) is 1.93. The third-order valence-electron chi connectivity index (χ3n) is 3.17. The van der Waals surface area contributed by atoms with Gasteiger partial charge in [-0.25, -0.2) is 4.98 Å². The Balaban J connectivity index is 2.03. The van der Waals surface area contributed by atoms with Crippen LogP contribution in [0.4, 0.5) is 11.5 Å². The van der Waals surface area contributed by atoms with Crippen LogP contribution >= 0.6 is 0 Å². The summed E-state index contributed by atoms with van der Waals surface area (Å²) in [7, 11) is 5.76. The first kappa shape index (κ1) is 13.8. The quantitative estimate of drug-likeness (QED) is 0.857. The number of rotatable bonds is 3. The van der Waals surface area contributed by atoms with E-state index >= 15 is 0 Å². The molecule has 1 aliphatic rings. The number of carbonyl (C=O) groups is 1. The molecule has 0 spiro atoms. The molecular formula is C13H20N4O2. The minimum absolute atomic E-state index is 0.0434. The summed E-state index contributed by atoms with van der Waals surface area (Å²) < 4.78 is 5.35. The lowest BCUT2D eigenvalue weighted by Crippen LogP contribution is -2.49. The maximum absolute atomic E-state index is 12.2. The Hall–Kier alpha value is -1.66. The van der Waals surface area contributed by atoms with Gasteiger partial charge >= 0.3 is 0 Å². The van der Waals surface area contributed by atoms with Gasteiger partial charge in [0.05, 0.1) is 13.2 Å². The second kappa shape index (κ2) is 5.99. The number of hydrogen-bond acceptors (Lipinski definition) is 5. The van der Waals surface area contributed by atoms with Crippen LogP contribution in [0.1, 0.15) is 0 Å². The first-order chi connectivity index (χ1) is 9.08. The zero-order valence-electron chi connectivity index (χ0n) is 11.6. The van der Waals surface area contributed by atoms with Gasteiger partial charge in [0.25, 0.3) is 0 Å². The highest BCUT2D eigenvalue weighted by Gasteiger charge is 2.26. The van der Waals surface area contributed by atoms with Crippen LogP contribution in [0.5, 0.6) is 0 Å². The number of pyridine rings is 1. The van der Waals surface area contributed by atoms with Crippen molar-refractivity contribution in [2.75, 3.05) is 51.1 Å². The summed E-state index contributed by atoms with van der Waals surface area (Å²) in [6.07, 6.45) is 1.69. The summed E-state index contributed by atoms with van der Waals surface area (Å²) in [6, 6.07) is 3.40. The van der Waals surface area contributed by atoms with Gasteiger partial charge in [0.2, 0.25) is 5.91 Å². The maximum atomic E-state index is 12.2. The van der Waals surface area contributed by atoms with Gasteiger partial charge in [0, 0.05) is 38.6 Å². The molecule has 1 unspecified atom stereocenters. The molecule has 0 radical (unpaired) electrons. The van der Waals surface area contributed by atoms with E-state index in [0.717, 1.165) is 18.1 Å². The first-order valence-electron chi connectivity index (χ1n) is 6.30. The molecule has 1 aromatic rings. The number of ether oxygens (including phenoxy) is 1. The number of morpholine rings is 1. The highest BCUT2D eigenvalue weighted by molar-refractivity contribution is 5.95. The van der Waals surface area contributed by atoms with Gasteiger partial charge in [0.15, 0.2) is 0 Å². The second-order valence-electron chi connectivity index (χ2n) is 4.86. The van der Waals surface area contributed by atoms with Gasteiger partial charge < -0.3 is 15.0 Å². The summed E-state index contributed by atoms with van der Waals surface area (Å²) in [5.74, 6) is 0.768. The number of aromatic nitrogens is 1. The lowest BCUT2D eigenvalue weighted by molar-refractivity contribution is -0.126. The lowest BCUT2D eigenvalue weighted by Gasteiger charge is -2.31. The van der Waals surface area contributed by atoms with Crippen LogP contribution < -0.4 is 10.2 Å². The van der Waals surface area contributed by atoms with Crippen LogP contribution in [0.2, 0.25) is 0 Å². The molecule has 1 fully saturated rings. The fourth-order valence-corrected chi connectivity index (χ4v) is 1.93. The van der Waals surface area contributed by atoms with E-state index in [1.165, 1.54) is 0 Å². The number of hydrogen-bond donors (Lipinski definition) is 1. The first-order valence-corrected chi connectivity index (χ1v) is 6.30. The lowest BCUT2D eigenvalue weighted by atomic mass is 10.2. The Morgan fingerprint density at radius 1 is 1.58 bits per heavy atom. The molecule has 1 saturated heterocycles. The van der Waals surface area contributed by atoms with Crippen molar-refractivity contribution >= 4 is 17.4 Å². The van der Waals surface area contributed by atoms with Crippen molar-refractivity contribution in [3.63, 3.8) is 0 Å². The number of nitrogens with one attached hydrogen (secondary N) is 1. The minimum atomic E-state index is -0.232. The number of nitrogens with zero attached hydrogens (tertiary/aromatic N) is 3. The van der Waals surface area contributed by atoms with E-state index in [4.69, 9.17) is 4.74 Å². The van der Waals surface area contributed by atoms with Gasteiger partial charge in [-0.15, -0.1) is 0 Å². The van der Waals surface area contributed by atoms with Gasteiger partial charge in [-0.1, -0.05) is 0 Å². The van der Waals surface area contributed by atoms with Gasteiger partial charge in [-0.2, -0.15) is 0 Å². The number of carbonyl (C=O) groups excluding carboxylic acids is 1.